The van der Waals surface area contributed by atoms with Crippen LogP contribution in [-0.2, 0) is 4.74 Å². The number of nitrogens with one attached hydrogen (secondary N) is 1. The van der Waals surface area contributed by atoms with Gasteiger partial charge in [0.15, 0.2) is 0 Å². The summed E-state index contributed by atoms with van der Waals surface area (Å²) in [6.07, 6.45) is 2.82. The van der Waals surface area contributed by atoms with Gasteiger partial charge in [0.2, 0.25) is 0 Å². The Morgan fingerprint density at radius 2 is 2.06 bits per heavy atom. The third-order valence-corrected chi connectivity index (χ3v) is 4.15. The molecule has 1 aliphatic heterocycles. The van der Waals surface area contributed by atoms with Crippen molar-refractivity contribution >= 4 is 0 Å². The molecule has 0 aliphatic carbocycles. The molecule has 0 radical (unpaired) electrons. The molecule has 3 atom stereocenters. The Kier molecular flexibility index (Phi) is 6.61. The van der Waals surface area contributed by atoms with Crippen LogP contribution >= 0.6 is 0 Å². The molecule has 0 aromatic carbocycles. The number of rotatable bonds is 7. The molecular weight excluding hydrogens is 224 g/mol. The van der Waals surface area contributed by atoms with Gasteiger partial charge in [0.05, 0.1) is 12.7 Å². The molecule has 1 rings (SSSR count). The van der Waals surface area contributed by atoms with Crippen LogP contribution in [0.1, 0.15) is 47.5 Å². The molecule has 18 heavy (non-hydrogen) atoms. The van der Waals surface area contributed by atoms with E-state index in [9.17, 15) is 0 Å². The second-order valence-electron chi connectivity index (χ2n) is 6.26. The summed E-state index contributed by atoms with van der Waals surface area (Å²) in [5.41, 5.74) is 0.375. The summed E-state index contributed by atoms with van der Waals surface area (Å²) in [6.45, 7) is 16.8. The topological polar surface area (TPSA) is 24.5 Å². The number of nitrogens with zero attached hydrogens (tertiary/aromatic N) is 1. The molecule has 0 aromatic rings. The van der Waals surface area contributed by atoms with Crippen molar-refractivity contribution in [1.82, 2.24) is 10.2 Å². The maximum absolute atomic E-state index is 5.71. The van der Waals surface area contributed by atoms with Gasteiger partial charge in [-0.2, -0.15) is 0 Å². The lowest BCUT2D eigenvalue weighted by molar-refractivity contribution is -0.0618. The SMILES string of the molecule is CCCNCC(C)(CC)CN1CC(C)OCC1C. The van der Waals surface area contributed by atoms with E-state index in [4.69, 9.17) is 4.74 Å². The predicted octanol–water partition coefficient (Wildman–Crippen LogP) is 2.51. The number of morpholine rings is 1. The van der Waals surface area contributed by atoms with Crippen LogP contribution in [0.4, 0.5) is 0 Å². The van der Waals surface area contributed by atoms with Crippen molar-refractivity contribution in [1.29, 1.82) is 0 Å². The highest BCUT2D eigenvalue weighted by atomic mass is 16.5. The molecule has 1 fully saturated rings. The monoisotopic (exact) mass is 256 g/mol. The predicted molar refractivity (Wildman–Crippen MR) is 78.0 cm³/mol. The Bertz CT molecular complexity index is 235. The summed E-state index contributed by atoms with van der Waals surface area (Å²) in [7, 11) is 0. The fourth-order valence-corrected chi connectivity index (χ4v) is 2.54. The van der Waals surface area contributed by atoms with Crippen molar-refractivity contribution in [3.8, 4) is 0 Å². The minimum atomic E-state index is 0.375. The zero-order valence-corrected chi connectivity index (χ0v) is 13.0. The Morgan fingerprint density at radius 3 is 2.67 bits per heavy atom. The number of hydrogen-bond acceptors (Lipinski definition) is 3. The Morgan fingerprint density at radius 1 is 1.33 bits per heavy atom. The van der Waals surface area contributed by atoms with Gasteiger partial charge in [-0.1, -0.05) is 20.8 Å². The second kappa shape index (κ2) is 7.46. The van der Waals surface area contributed by atoms with E-state index in [-0.39, 0.29) is 0 Å². The highest BCUT2D eigenvalue weighted by Gasteiger charge is 2.30. The molecule has 108 valence electrons. The molecule has 1 saturated heterocycles. The zero-order valence-electron chi connectivity index (χ0n) is 13.0. The number of hydrogen-bond donors (Lipinski definition) is 1. The molecule has 0 bridgehead atoms. The van der Waals surface area contributed by atoms with Crippen molar-refractivity contribution in [3.63, 3.8) is 0 Å². The van der Waals surface area contributed by atoms with E-state index in [1.807, 2.05) is 0 Å². The van der Waals surface area contributed by atoms with Crippen molar-refractivity contribution in [2.45, 2.75) is 59.6 Å². The number of ether oxygens (including phenoxy) is 1. The first-order chi connectivity index (χ1) is 8.50. The van der Waals surface area contributed by atoms with Crippen LogP contribution in [0.5, 0.6) is 0 Å². The van der Waals surface area contributed by atoms with E-state index in [0.29, 0.717) is 17.6 Å². The molecule has 0 amide bonds. The van der Waals surface area contributed by atoms with E-state index in [1.165, 1.54) is 19.4 Å². The molecule has 0 saturated carbocycles. The Labute approximate surface area is 113 Å². The normalized spacial score (nSPS) is 29.2. The second-order valence-corrected chi connectivity index (χ2v) is 6.26. The highest BCUT2D eigenvalue weighted by molar-refractivity contribution is 4.84. The van der Waals surface area contributed by atoms with Crippen molar-refractivity contribution in [3.05, 3.63) is 0 Å². The summed E-state index contributed by atoms with van der Waals surface area (Å²) < 4.78 is 5.71. The van der Waals surface area contributed by atoms with Gasteiger partial charge in [-0.3, -0.25) is 4.90 Å². The largest absolute Gasteiger partial charge is 0.376 e. The van der Waals surface area contributed by atoms with Crippen LogP contribution in [0, 0.1) is 5.41 Å². The smallest absolute Gasteiger partial charge is 0.0674 e. The fourth-order valence-electron chi connectivity index (χ4n) is 2.54. The highest BCUT2D eigenvalue weighted by Crippen LogP contribution is 2.24. The van der Waals surface area contributed by atoms with Gasteiger partial charge in [-0.15, -0.1) is 0 Å². The Hall–Kier alpha value is -0.120. The standard InChI is InChI=1S/C15H32N2O/c1-6-8-16-11-15(5,7-2)12-17-9-14(4)18-10-13(17)3/h13-14,16H,6-12H2,1-5H3. The van der Waals surface area contributed by atoms with E-state index in [0.717, 1.165) is 26.2 Å². The van der Waals surface area contributed by atoms with E-state index < -0.39 is 0 Å². The average molecular weight is 256 g/mol. The molecular formula is C15H32N2O. The summed E-state index contributed by atoms with van der Waals surface area (Å²) in [6, 6.07) is 0.554. The first kappa shape index (κ1) is 15.9. The van der Waals surface area contributed by atoms with Crippen LogP contribution in [0.2, 0.25) is 0 Å². The summed E-state index contributed by atoms with van der Waals surface area (Å²) in [5, 5.41) is 3.58. The molecule has 3 unspecified atom stereocenters. The van der Waals surface area contributed by atoms with Crippen LogP contribution in [0.3, 0.4) is 0 Å². The third kappa shape index (κ3) is 4.87. The van der Waals surface area contributed by atoms with E-state index in [2.05, 4.69) is 44.8 Å². The van der Waals surface area contributed by atoms with Crippen LogP contribution < -0.4 is 5.32 Å². The maximum atomic E-state index is 5.71. The molecule has 3 heteroatoms. The molecule has 0 aromatic heterocycles. The summed E-state index contributed by atoms with van der Waals surface area (Å²) >= 11 is 0. The van der Waals surface area contributed by atoms with Crippen LogP contribution in [-0.4, -0.2) is 49.8 Å². The van der Waals surface area contributed by atoms with Crippen molar-refractivity contribution in [2.75, 3.05) is 32.8 Å². The first-order valence-electron chi connectivity index (χ1n) is 7.57. The van der Waals surface area contributed by atoms with Gasteiger partial charge in [0.25, 0.3) is 0 Å². The summed E-state index contributed by atoms with van der Waals surface area (Å²) in [5.74, 6) is 0. The van der Waals surface area contributed by atoms with Gasteiger partial charge in [0, 0.05) is 25.7 Å². The molecule has 1 heterocycles. The van der Waals surface area contributed by atoms with Gasteiger partial charge in [-0.05, 0) is 38.6 Å². The van der Waals surface area contributed by atoms with Gasteiger partial charge >= 0.3 is 0 Å². The van der Waals surface area contributed by atoms with Gasteiger partial charge < -0.3 is 10.1 Å². The minimum Gasteiger partial charge on any atom is -0.376 e. The zero-order chi connectivity index (χ0) is 13.6. The van der Waals surface area contributed by atoms with Crippen molar-refractivity contribution in [2.24, 2.45) is 5.41 Å². The third-order valence-electron chi connectivity index (χ3n) is 4.15. The minimum absolute atomic E-state index is 0.375. The Balaban J connectivity index is 2.49. The summed E-state index contributed by atoms with van der Waals surface area (Å²) in [4.78, 5) is 2.60. The quantitative estimate of drug-likeness (QED) is 0.708. The lowest BCUT2D eigenvalue weighted by Crippen LogP contribution is -2.52. The molecule has 1 aliphatic rings. The first-order valence-corrected chi connectivity index (χ1v) is 7.57. The fraction of sp³-hybridized carbons (Fsp3) is 1.00. The maximum Gasteiger partial charge on any atom is 0.0674 e. The van der Waals surface area contributed by atoms with Gasteiger partial charge in [0.1, 0.15) is 0 Å². The molecule has 1 N–H and O–H groups in total. The average Bonchev–Trinajstić information content (AvgIpc) is 2.34. The van der Waals surface area contributed by atoms with Crippen LogP contribution in [0.15, 0.2) is 0 Å². The molecule has 0 spiro atoms. The van der Waals surface area contributed by atoms with Gasteiger partial charge in [-0.25, -0.2) is 0 Å². The van der Waals surface area contributed by atoms with Crippen molar-refractivity contribution < 1.29 is 4.74 Å². The molecule has 3 nitrogen and oxygen atoms in total. The lowest BCUT2D eigenvalue weighted by atomic mass is 9.86. The van der Waals surface area contributed by atoms with E-state index >= 15 is 0 Å². The lowest BCUT2D eigenvalue weighted by Gasteiger charge is -2.42. The van der Waals surface area contributed by atoms with E-state index in [1.54, 1.807) is 0 Å². The van der Waals surface area contributed by atoms with Crippen LogP contribution in [0.25, 0.3) is 0 Å².